The molecule has 0 aromatic heterocycles. The molecule has 2 aromatic rings. The standard InChI is InChI=1S/C24H23N3O3S/c1-5-23(6-2)17-27(31(28,29)21-13-7-18(3)8-14-21)22(24(23,15-25)16-26)19-9-11-20(30-4)12-10-19/h5-14,22H,1-2,17H2,3-4H3/t22-/m1/s1. The Hall–Kier alpha value is -3.39. The smallest absolute Gasteiger partial charge is 0.243 e. The van der Waals surface area contributed by atoms with Crippen molar-refractivity contribution in [1.29, 1.82) is 10.5 Å². The van der Waals surface area contributed by atoms with E-state index in [4.69, 9.17) is 4.74 Å². The Kier molecular flexibility index (Phi) is 5.78. The number of nitrogens with zero attached hydrogens (tertiary/aromatic N) is 3. The van der Waals surface area contributed by atoms with Crippen LogP contribution in [0.25, 0.3) is 0 Å². The van der Waals surface area contributed by atoms with Crippen molar-refractivity contribution >= 4 is 10.0 Å². The fourth-order valence-electron chi connectivity index (χ4n) is 4.11. The van der Waals surface area contributed by atoms with Gasteiger partial charge in [0.05, 0.1) is 35.6 Å². The Balaban J connectivity index is 2.31. The number of ether oxygens (including phenoxy) is 1. The van der Waals surface area contributed by atoms with Crippen molar-refractivity contribution in [2.24, 2.45) is 10.8 Å². The zero-order valence-corrected chi connectivity index (χ0v) is 18.3. The Labute approximate surface area is 183 Å². The van der Waals surface area contributed by atoms with Crippen molar-refractivity contribution in [1.82, 2.24) is 4.31 Å². The van der Waals surface area contributed by atoms with Crippen LogP contribution in [-0.4, -0.2) is 26.4 Å². The molecular formula is C24H23N3O3S. The highest BCUT2D eigenvalue weighted by molar-refractivity contribution is 7.89. The zero-order valence-electron chi connectivity index (χ0n) is 17.4. The zero-order chi connectivity index (χ0) is 22.9. The Morgan fingerprint density at radius 2 is 1.61 bits per heavy atom. The Morgan fingerprint density at radius 1 is 1.06 bits per heavy atom. The molecule has 6 nitrogen and oxygen atoms in total. The topological polar surface area (TPSA) is 94.2 Å². The van der Waals surface area contributed by atoms with Gasteiger partial charge in [0.15, 0.2) is 5.41 Å². The maximum absolute atomic E-state index is 13.7. The maximum atomic E-state index is 13.7. The molecule has 7 heteroatoms. The third kappa shape index (κ3) is 3.23. The first kappa shape index (κ1) is 22.3. The molecule has 1 saturated heterocycles. The second kappa shape index (κ2) is 8.03. The number of sulfonamides is 1. The third-order valence-corrected chi connectivity index (χ3v) is 7.82. The average Bonchev–Trinajstić information content (AvgIpc) is 3.11. The lowest BCUT2D eigenvalue weighted by Crippen LogP contribution is -2.38. The van der Waals surface area contributed by atoms with Crippen molar-refractivity contribution in [3.05, 3.63) is 85.0 Å². The highest BCUT2D eigenvalue weighted by atomic mass is 32.2. The number of nitriles is 2. The van der Waals surface area contributed by atoms with Crippen LogP contribution >= 0.6 is 0 Å². The van der Waals surface area contributed by atoms with E-state index in [1.54, 1.807) is 36.4 Å². The second-order valence-corrected chi connectivity index (χ2v) is 9.41. The van der Waals surface area contributed by atoms with Gasteiger partial charge < -0.3 is 4.74 Å². The largest absolute Gasteiger partial charge is 0.497 e. The summed E-state index contributed by atoms with van der Waals surface area (Å²) in [4.78, 5) is 0.0883. The van der Waals surface area contributed by atoms with Gasteiger partial charge in [-0.05, 0) is 36.8 Å². The molecule has 1 fully saturated rings. The van der Waals surface area contributed by atoms with Crippen molar-refractivity contribution in [3.63, 3.8) is 0 Å². The van der Waals surface area contributed by atoms with Crippen molar-refractivity contribution in [2.45, 2.75) is 17.9 Å². The van der Waals surface area contributed by atoms with Gasteiger partial charge in [-0.15, -0.1) is 13.2 Å². The minimum absolute atomic E-state index is 0.0883. The van der Waals surface area contributed by atoms with Crippen LogP contribution in [0, 0.1) is 40.4 Å². The molecule has 31 heavy (non-hydrogen) atoms. The molecule has 1 heterocycles. The average molecular weight is 434 g/mol. The van der Waals surface area contributed by atoms with E-state index >= 15 is 0 Å². The first-order chi connectivity index (χ1) is 14.7. The number of hydrogen-bond acceptors (Lipinski definition) is 5. The van der Waals surface area contributed by atoms with Gasteiger partial charge in [-0.3, -0.25) is 0 Å². The quantitative estimate of drug-likeness (QED) is 0.638. The first-order valence-electron chi connectivity index (χ1n) is 9.57. The number of aryl methyl sites for hydroxylation is 1. The van der Waals surface area contributed by atoms with Gasteiger partial charge in [-0.1, -0.05) is 42.0 Å². The molecule has 1 aliphatic heterocycles. The van der Waals surface area contributed by atoms with Crippen molar-refractivity contribution in [3.8, 4) is 17.9 Å². The fourth-order valence-corrected chi connectivity index (χ4v) is 5.80. The molecule has 1 aliphatic rings. The van der Waals surface area contributed by atoms with Gasteiger partial charge in [-0.2, -0.15) is 14.8 Å². The summed E-state index contributed by atoms with van der Waals surface area (Å²) in [7, 11) is -2.52. The van der Waals surface area contributed by atoms with Gasteiger partial charge in [0, 0.05) is 6.54 Å². The van der Waals surface area contributed by atoms with E-state index in [0.717, 1.165) is 5.56 Å². The number of methoxy groups -OCH3 is 1. The predicted octanol–water partition coefficient (Wildman–Crippen LogP) is 4.14. The van der Waals surface area contributed by atoms with Crippen LogP contribution in [0.4, 0.5) is 0 Å². The summed E-state index contributed by atoms with van der Waals surface area (Å²) in [5, 5.41) is 20.4. The molecule has 1 atom stereocenters. The summed E-state index contributed by atoms with van der Waals surface area (Å²) >= 11 is 0. The van der Waals surface area contributed by atoms with E-state index in [2.05, 4.69) is 25.3 Å². The monoisotopic (exact) mass is 433 g/mol. The highest BCUT2D eigenvalue weighted by Gasteiger charge is 2.65. The van der Waals surface area contributed by atoms with E-state index in [9.17, 15) is 18.9 Å². The fraction of sp³-hybridized carbons (Fsp3) is 0.250. The SMILES string of the molecule is C=CC1(C=C)CN(S(=O)(=O)c2ccc(C)cc2)[C@H](c2ccc(OC)cc2)C1(C#N)C#N. The Morgan fingerprint density at radius 3 is 2.06 bits per heavy atom. The molecule has 0 saturated carbocycles. The molecule has 0 aliphatic carbocycles. The van der Waals surface area contributed by atoms with Gasteiger partial charge in [0.1, 0.15) is 5.75 Å². The van der Waals surface area contributed by atoms with Crippen LogP contribution in [0.2, 0.25) is 0 Å². The molecule has 0 amide bonds. The number of hydrogen-bond donors (Lipinski definition) is 0. The molecule has 0 radical (unpaired) electrons. The lowest BCUT2D eigenvalue weighted by Gasteiger charge is -2.33. The minimum Gasteiger partial charge on any atom is -0.497 e. The van der Waals surface area contributed by atoms with Crippen LogP contribution in [0.15, 0.2) is 78.7 Å². The van der Waals surface area contributed by atoms with Gasteiger partial charge in [0.25, 0.3) is 0 Å². The van der Waals surface area contributed by atoms with E-state index in [-0.39, 0.29) is 11.4 Å². The molecule has 3 rings (SSSR count). The molecule has 0 bridgehead atoms. The lowest BCUT2D eigenvalue weighted by atomic mass is 9.63. The molecule has 0 spiro atoms. The van der Waals surface area contributed by atoms with Crippen molar-refractivity contribution in [2.75, 3.05) is 13.7 Å². The summed E-state index contributed by atoms with van der Waals surface area (Å²) in [5.41, 5.74) is -1.60. The van der Waals surface area contributed by atoms with Gasteiger partial charge in [-0.25, -0.2) is 8.42 Å². The van der Waals surface area contributed by atoms with Crippen LogP contribution in [0.1, 0.15) is 17.2 Å². The van der Waals surface area contributed by atoms with Crippen molar-refractivity contribution < 1.29 is 13.2 Å². The van der Waals surface area contributed by atoms with Crippen LogP contribution in [-0.2, 0) is 10.0 Å². The summed E-state index contributed by atoms with van der Waals surface area (Å²) in [6, 6.07) is 16.3. The normalized spacial score (nSPS) is 19.7. The maximum Gasteiger partial charge on any atom is 0.243 e. The summed E-state index contributed by atoms with van der Waals surface area (Å²) in [6.07, 6.45) is 2.90. The van der Waals surface area contributed by atoms with E-state index in [1.807, 2.05) is 6.92 Å². The third-order valence-electron chi connectivity index (χ3n) is 5.99. The number of benzene rings is 2. The molecule has 2 aromatic carbocycles. The Bertz CT molecular complexity index is 1160. The summed E-state index contributed by atoms with van der Waals surface area (Å²) < 4.78 is 33.8. The van der Waals surface area contributed by atoms with Gasteiger partial charge in [0.2, 0.25) is 10.0 Å². The summed E-state index contributed by atoms with van der Waals surface area (Å²) in [6.45, 7) is 9.37. The lowest BCUT2D eigenvalue weighted by molar-refractivity contribution is 0.299. The first-order valence-corrected chi connectivity index (χ1v) is 11.0. The van der Waals surface area contributed by atoms with Crippen LogP contribution in [0.3, 0.4) is 0 Å². The molecule has 0 N–H and O–H groups in total. The minimum atomic E-state index is -4.05. The van der Waals surface area contributed by atoms with Gasteiger partial charge >= 0.3 is 0 Å². The predicted molar refractivity (Wildman–Crippen MR) is 117 cm³/mol. The van der Waals surface area contributed by atoms with E-state index in [1.165, 1.54) is 35.7 Å². The molecule has 0 unspecified atom stereocenters. The van der Waals surface area contributed by atoms with Crippen LogP contribution < -0.4 is 4.74 Å². The highest BCUT2D eigenvalue weighted by Crippen LogP contribution is 2.59. The summed E-state index contributed by atoms with van der Waals surface area (Å²) in [5.74, 6) is 0.577. The number of rotatable bonds is 6. The van der Waals surface area contributed by atoms with Crippen LogP contribution in [0.5, 0.6) is 5.75 Å². The van der Waals surface area contributed by atoms with E-state index < -0.39 is 26.9 Å². The molecular weight excluding hydrogens is 410 g/mol. The second-order valence-electron chi connectivity index (χ2n) is 7.52. The molecule has 158 valence electrons. The van der Waals surface area contributed by atoms with E-state index in [0.29, 0.717) is 11.3 Å².